The van der Waals surface area contributed by atoms with Gasteiger partial charge in [0.25, 0.3) is 10.1 Å². The van der Waals surface area contributed by atoms with Gasteiger partial charge >= 0.3 is 0 Å². The van der Waals surface area contributed by atoms with Crippen molar-refractivity contribution < 1.29 is 18.1 Å². The van der Waals surface area contributed by atoms with E-state index >= 15 is 0 Å². The lowest BCUT2D eigenvalue weighted by atomic mass is 10.2. The van der Waals surface area contributed by atoms with Gasteiger partial charge in [-0.05, 0) is 19.3 Å². The van der Waals surface area contributed by atoms with Gasteiger partial charge in [0, 0.05) is 0 Å². The van der Waals surface area contributed by atoms with Crippen molar-refractivity contribution in [2.45, 2.75) is 24.7 Å². The van der Waals surface area contributed by atoms with E-state index in [0.29, 0.717) is 12.8 Å². The fourth-order valence-electron chi connectivity index (χ4n) is 0.559. The second-order valence-corrected chi connectivity index (χ2v) is 3.71. The summed E-state index contributed by atoms with van der Waals surface area (Å²) in [5, 5.41) is 8.72. The third kappa shape index (κ3) is 4.94. The van der Waals surface area contributed by atoms with E-state index in [-0.39, 0.29) is 6.42 Å². The van der Waals surface area contributed by atoms with Gasteiger partial charge in [-0.2, -0.15) is 8.42 Å². The van der Waals surface area contributed by atoms with Gasteiger partial charge in [-0.3, -0.25) is 4.55 Å². The first kappa shape index (κ1) is 10.6. The van der Waals surface area contributed by atoms with Crippen molar-refractivity contribution >= 4 is 10.1 Å². The number of aliphatic hydroxyl groups excluding tert-OH is 1. The molecule has 0 amide bonds. The Morgan fingerprint density at radius 3 is 2.45 bits per heavy atom. The lowest BCUT2D eigenvalue weighted by molar-refractivity contribution is 0.221. The van der Waals surface area contributed by atoms with Gasteiger partial charge in [-0.15, -0.1) is 0 Å². The van der Waals surface area contributed by atoms with E-state index in [1.807, 2.05) is 0 Å². The summed E-state index contributed by atoms with van der Waals surface area (Å²) in [5.41, 5.74) is -1.68. The molecule has 0 aromatic rings. The number of hydrogen-bond donors (Lipinski definition) is 2. The summed E-state index contributed by atoms with van der Waals surface area (Å²) >= 11 is 0. The van der Waals surface area contributed by atoms with E-state index in [4.69, 9.17) is 16.2 Å². The first-order valence-corrected chi connectivity index (χ1v) is 4.66. The molecule has 0 saturated heterocycles. The van der Waals surface area contributed by atoms with Crippen molar-refractivity contribution in [3.05, 3.63) is 12.7 Å². The molecule has 0 aliphatic carbocycles. The van der Waals surface area contributed by atoms with Crippen LogP contribution in [0.2, 0.25) is 0 Å². The molecule has 65 valence electrons. The summed E-state index contributed by atoms with van der Waals surface area (Å²) in [6.45, 7) is 5.01. The summed E-state index contributed by atoms with van der Waals surface area (Å²) in [6.07, 6.45) is 2.34. The van der Waals surface area contributed by atoms with Crippen molar-refractivity contribution in [1.82, 2.24) is 0 Å². The van der Waals surface area contributed by atoms with Crippen LogP contribution in [0.5, 0.6) is 0 Å². The third-order valence-corrected chi connectivity index (χ3v) is 2.09. The molecule has 0 rings (SSSR count). The highest BCUT2D eigenvalue weighted by molar-refractivity contribution is 7.86. The third-order valence-electron chi connectivity index (χ3n) is 1.17. The Balaban J connectivity index is 3.70. The summed E-state index contributed by atoms with van der Waals surface area (Å²) in [5.74, 6) is 0. The molecule has 2 N–H and O–H groups in total. The Kier molecular flexibility index (Phi) is 4.32. The molecule has 1 atom stereocenters. The van der Waals surface area contributed by atoms with Gasteiger partial charge in [0.05, 0.1) is 0 Å². The molecule has 1 unspecified atom stereocenters. The zero-order valence-electron chi connectivity index (χ0n) is 5.97. The second kappa shape index (κ2) is 4.48. The minimum absolute atomic E-state index is 0.00648. The summed E-state index contributed by atoms with van der Waals surface area (Å²) in [7, 11) is -4.28. The SMILES string of the molecule is [CH]=CCCCC(O)S(=O)(=O)O. The van der Waals surface area contributed by atoms with Gasteiger partial charge in [0.15, 0.2) is 5.44 Å². The monoisotopic (exact) mass is 179 g/mol. The quantitative estimate of drug-likeness (QED) is 0.472. The highest BCUT2D eigenvalue weighted by atomic mass is 32.2. The lowest BCUT2D eigenvalue weighted by Gasteiger charge is -2.04. The van der Waals surface area contributed by atoms with Crippen LogP contribution in [0.25, 0.3) is 0 Å². The van der Waals surface area contributed by atoms with Crippen molar-refractivity contribution in [2.24, 2.45) is 0 Å². The highest BCUT2D eigenvalue weighted by Crippen LogP contribution is 2.05. The Morgan fingerprint density at radius 1 is 1.55 bits per heavy atom. The molecule has 0 bridgehead atoms. The van der Waals surface area contributed by atoms with Crippen LogP contribution in [-0.2, 0) is 10.1 Å². The average molecular weight is 179 g/mol. The zero-order chi connectivity index (χ0) is 8.91. The van der Waals surface area contributed by atoms with Crippen molar-refractivity contribution in [1.29, 1.82) is 0 Å². The van der Waals surface area contributed by atoms with Crippen LogP contribution in [0.4, 0.5) is 0 Å². The van der Waals surface area contributed by atoms with Crippen LogP contribution in [-0.4, -0.2) is 23.5 Å². The van der Waals surface area contributed by atoms with E-state index in [0.717, 1.165) is 0 Å². The van der Waals surface area contributed by atoms with Gasteiger partial charge in [-0.25, -0.2) is 0 Å². The minimum Gasteiger partial charge on any atom is -0.375 e. The highest BCUT2D eigenvalue weighted by Gasteiger charge is 2.17. The van der Waals surface area contributed by atoms with E-state index in [2.05, 4.69) is 0 Å². The summed E-state index contributed by atoms with van der Waals surface area (Å²) < 4.78 is 28.6. The van der Waals surface area contributed by atoms with Crippen molar-refractivity contribution in [3.63, 3.8) is 0 Å². The number of rotatable bonds is 5. The molecule has 0 heterocycles. The Bertz CT molecular complexity index is 207. The van der Waals surface area contributed by atoms with E-state index in [9.17, 15) is 8.42 Å². The summed E-state index contributed by atoms with van der Waals surface area (Å²) in [4.78, 5) is 0. The molecule has 0 spiro atoms. The number of unbranched alkanes of at least 4 members (excludes halogenated alkanes) is 1. The van der Waals surface area contributed by atoms with Crippen molar-refractivity contribution in [2.75, 3.05) is 0 Å². The molecule has 5 heteroatoms. The molecule has 0 aromatic heterocycles. The molecular formula is C6H11O4S. The maximum absolute atomic E-state index is 10.2. The van der Waals surface area contributed by atoms with Gasteiger partial charge in [0.1, 0.15) is 0 Å². The molecule has 0 aliphatic heterocycles. The zero-order valence-corrected chi connectivity index (χ0v) is 6.79. The predicted octanol–water partition coefficient (Wildman–Crippen LogP) is 0.352. The Labute approximate surface area is 66.3 Å². The van der Waals surface area contributed by atoms with Crippen LogP contribution >= 0.6 is 0 Å². The predicted molar refractivity (Wildman–Crippen MR) is 40.3 cm³/mol. The second-order valence-electron chi connectivity index (χ2n) is 2.14. The van der Waals surface area contributed by atoms with Gasteiger partial charge in [0.2, 0.25) is 0 Å². The standard InChI is InChI=1S/C6H11O4S/c1-2-3-4-5-6(7)11(8,9)10/h1-2,6-7H,3-5H2,(H,8,9,10). The molecule has 0 aromatic carbocycles. The number of aliphatic hydroxyl groups is 1. The fourth-order valence-corrected chi connectivity index (χ4v) is 1.02. The smallest absolute Gasteiger partial charge is 0.291 e. The van der Waals surface area contributed by atoms with Crippen LogP contribution in [0.15, 0.2) is 6.08 Å². The van der Waals surface area contributed by atoms with Crippen molar-refractivity contribution in [3.8, 4) is 0 Å². The molecule has 1 radical (unpaired) electrons. The Hall–Kier alpha value is -0.390. The molecule has 0 fully saturated rings. The van der Waals surface area contributed by atoms with Gasteiger partial charge < -0.3 is 5.11 Å². The van der Waals surface area contributed by atoms with Gasteiger partial charge in [-0.1, -0.05) is 12.7 Å². The minimum atomic E-state index is -4.28. The maximum Gasteiger partial charge on any atom is 0.291 e. The first-order valence-electron chi connectivity index (χ1n) is 3.16. The molecule has 0 aliphatic rings. The topological polar surface area (TPSA) is 74.6 Å². The maximum atomic E-state index is 10.2. The number of allylic oxidation sites excluding steroid dienone is 1. The van der Waals surface area contributed by atoms with Crippen LogP contribution in [0.1, 0.15) is 19.3 Å². The number of hydrogen-bond acceptors (Lipinski definition) is 3. The normalized spacial score (nSPS) is 14.4. The molecule has 0 saturated carbocycles. The lowest BCUT2D eigenvalue weighted by Crippen LogP contribution is -2.19. The first-order chi connectivity index (χ1) is 4.98. The summed E-state index contributed by atoms with van der Waals surface area (Å²) in [6, 6.07) is 0. The Morgan fingerprint density at radius 2 is 2.09 bits per heavy atom. The van der Waals surface area contributed by atoms with Crippen LogP contribution < -0.4 is 0 Å². The molecule has 4 nitrogen and oxygen atoms in total. The van der Waals surface area contributed by atoms with E-state index < -0.39 is 15.6 Å². The van der Waals surface area contributed by atoms with Crippen LogP contribution in [0, 0.1) is 6.58 Å². The largest absolute Gasteiger partial charge is 0.375 e. The van der Waals surface area contributed by atoms with E-state index in [1.54, 1.807) is 0 Å². The fraction of sp³-hybridized carbons (Fsp3) is 0.667. The molecule has 11 heavy (non-hydrogen) atoms. The molecular weight excluding hydrogens is 168 g/mol. The van der Waals surface area contributed by atoms with E-state index in [1.165, 1.54) is 6.08 Å². The van der Waals surface area contributed by atoms with Crippen LogP contribution in [0.3, 0.4) is 0 Å². The average Bonchev–Trinajstić information content (AvgIpc) is 1.86.